The van der Waals surface area contributed by atoms with Crippen molar-refractivity contribution in [1.29, 1.82) is 0 Å². The van der Waals surface area contributed by atoms with Gasteiger partial charge in [-0.15, -0.1) is 0 Å². The fraction of sp³-hybridized carbons (Fsp3) is 0.925. The molecule has 0 spiro atoms. The second-order valence-corrected chi connectivity index (χ2v) is 14.0. The lowest BCUT2D eigenvalue weighted by Gasteiger charge is -2.27. The van der Waals surface area contributed by atoms with Gasteiger partial charge < -0.3 is 25.7 Å². The van der Waals surface area contributed by atoms with Crippen LogP contribution in [0.1, 0.15) is 206 Å². The summed E-state index contributed by atoms with van der Waals surface area (Å²) >= 11 is 0. The number of aliphatic hydroxyl groups excluding tert-OH is 4. The Morgan fingerprint density at radius 1 is 0.522 bits per heavy atom. The molecule has 6 nitrogen and oxygen atoms in total. The molecule has 274 valence electrons. The highest BCUT2D eigenvalue weighted by Crippen LogP contribution is 2.15. The van der Waals surface area contributed by atoms with Crippen LogP contribution >= 0.6 is 0 Å². The van der Waals surface area contributed by atoms with E-state index in [1.165, 1.54) is 141 Å². The maximum absolute atomic E-state index is 12.4. The number of nitrogens with one attached hydrogen (secondary N) is 1. The van der Waals surface area contributed by atoms with Gasteiger partial charge in [0.05, 0.1) is 18.8 Å². The normalized spacial score (nSPS) is 14.5. The summed E-state index contributed by atoms with van der Waals surface area (Å²) < 4.78 is 0. The van der Waals surface area contributed by atoms with E-state index in [9.17, 15) is 25.2 Å². The first kappa shape index (κ1) is 45.0. The number of carbonyl (C=O) groups excluding carboxylic acids is 1. The van der Waals surface area contributed by atoms with Gasteiger partial charge in [0.15, 0.2) is 0 Å². The smallest absolute Gasteiger partial charge is 0.249 e. The first-order valence-electron chi connectivity index (χ1n) is 20.1. The van der Waals surface area contributed by atoms with Gasteiger partial charge in [0.1, 0.15) is 12.2 Å². The van der Waals surface area contributed by atoms with E-state index in [2.05, 4.69) is 31.3 Å². The Balaban J connectivity index is 3.66. The fourth-order valence-electron chi connectivity index (χ4n) is 6.22. The van der Waals surface area contributed by atoms with Gasteiger partial charge in [0.2, 0.25) is 5.91 Å². The largest absolute Gasteiger partial charge is 0.394 e. The minimum atomic E-state index is -1.25. The van der Waals surface area contributed by atoms with Crippen molar-refractivity contribution in [3.63, 3.8) is 0 Å². The predicted molar refractivity (Wildman–Crippen MR) is 196 cm³/mol. The summed E-state index contributed by atoms with van der Waals surface area (Å²) in [6.07, 6.45) is 36.9. The van der Waals surface area contributed by atoms with Gasteiger partial charge in [-0.25, -0.2) is 0 Å². The number of carbonyl (C=O) groups is 1. The molecule has 4 atom stereocenters. The van der Waals surface area contributed by atoms with Crippen molar-refractivity contribution in [2.24, 2.45) is 0 Å². The summed E-state index contributed by atoms with van der Waals surface area (Å²) in [4.78, 5) is 12.4. The van der Waals surface area contributed by atoms with Gasteiger partial charge in [-0.05, 0) is 38.5 Å². The molecule has 0 bridgehead atoms. The number of amides is 1. The van der Waals surface area contributed by atoms with Crippen LogP contribution in [0.5, 0.6) is 0 Å². The quantitative estimate of drug-likeness (QED) is 0.0342. The van der Waals surface area contributed by atoms with Crippen molar-refractivity contribution in [2.45, 2.75) is 231 Å². The second-order valence-electron chi connectivity index (χ2n) is 14.0. The van der Waals surface area contributed by atoms with E-state index in [1.54, 1.807) is 0 Å². The molecule has 4 unspecified atom stereocenters. The molecular formula is C40H79NO5. The third kappa shape index (κ3) is 29.2. The van der Waals surface area contributed by atoms with Gasteiger partial charge in [0.25, 0.3) is 0 Å². The number of allylic oxidation sites excluding steroid dienone is 2. The second kappa shape index (κ2) is 35.4. The van der Waals surface area contributed by atoms with Crippen LogP contribution in [0.25, 0.3) is 0 Å². The summed E-state index contributed by atoms with van der Waals surface area (Å²) in [7, 11) is 0. The van der Waals surface area contributed by atoms with Crippen LogP contribution in [-0.4, -0.2) is 57.3 Å². The summed E-state index contributed by atoms with van der Waals surface area (Å²) in [5.74, 6) is -0.590. The Kier molecular flexibility index (Phi) is 34.6. The van der Waals surface area contributed by atoms with Crippen LogP contribution in [-0.2, 0) is 4.79 Å². The maximum atomic E-state index is 12.4. The summed E-state index contributed by atoms with van der Waals surface area (Å²) in [5.41, 5.74) is 0. The fourth-order valence-corrected chi connectivity index (χ4v) is 6.22. The van der Waals surface area contributed by atoms with Crippen LogP contribution in [0.15, 0.2) is 12.2 Å². The van der Waals surface area contributed by atoms with Crippen molar-refractivity contribution in [3.8, 4) is 0 Å². The Morgan fingerprint density at radius 2 is 0.870 bits per heavy atom. The highest BCUT2D eigenvalue weighted by molar-refractivity contribution is 5.80. The lowest BCUT2D eigenvalue weighted by molar-refractivity contribution is -0.132. The number of hydrogen-bond acceptors (Lipinski definition) is 5. The van der Waals surface area contributed by atoms with Crippen molar-refractivity contribution in [2.75, 3.05) is 6.61 Å². The molecule has 0 radical (unpaired) electrons. The Bertz CT molecular complexity index is 658. The predicted octanol–water partition coefficient (Wildman–Crippen LogP) is 9.85. The van der Waals surface area contributed by atoms with Gasteiger partial charge >= 0.3 is 0 Å². The molecule has 0 aliphatic rings. The summed E-state index contributed by atoms with van der Waals surface area (Å²) in [6.45, 7) is 3.99. The van der Waals surface area contributed by atoms with E-state index in [1.807, 2.05) is 0 Å². The molecule has 0 heterocycles. The molecule has 0 saturated heterocycles. The standard InChI is InChI=1S/C40H79NO5/c1-3-5-7-9-11-12-13-14-15-16-17-18-19-20-21-22-23-24-25-26-28-30-32-34-38(44)40(46)41-36(35-42)39(45)37(43)33-31-29-27-10-8-6-4-2/h20-21,36-39,42-45H,3-19,22-35H2,1-2H3,(H,41,46)/b21-20-. The van der Waals surface area contributed by atoms with E-state index >= 15 is 0 Å². The molecule has 1 amide bonds. The molecule has 0 rings (SSSR count). The lowest BCUT2D eigenvalue weighted by atomic mass is 9.99. The monoisotopic (exact) mass is 654 g/mol. The topological polar surface area (TPSA) is 110 Å². The number of aliphatic hydroxyl groups is 4. The van der Waals surface area contributed by atoms with Gasteiger partial charge in [0, 0.05) is 0 Å². The highest BCUT2D eigenvalue weighted by atomic mass is 16.3. The van der Waals surface area contributed by atoms with E-state index in [-0.39, 0.29) is 0 Å². The van der Waals surface area contributed by atoms with Crippen LogP contribution in [0.4, 0.5) is 0 Å². The zero-order valence-corrected chi connectivity index (χ0v) is 30.6. The summed E-state index contributed by atoms with van der Waals surface area (Å²) in [6, 6.07) is -0.981. The maximum Gasteiger partial charge on any atom is 0.249 e. The van der Waals surface area contributed by atoms with E-state index in [0.717, 1.165) is 38.5 Å². The average Bonchev–Trinajstić information content (AvgIpc) is 3.06. The Morgan fingerprint density at radius 3 is 1.26 bits per heavy atom. The van der Waals surface area contributed by atoms with Crippen LogP contribution in [0, 0.1) is 0 Å². The van der Waals surface area contributed by atoms with E-state index < -0.39 is 36.9 Å². The molecule has 0 aromatic rings. The highest BCUT2D eigenvalue weighted by Gasteiger charge is 2.28. The molecule has 0 aliphatic carbocycles. The molecule has 5 N–H and O–H groups in total. The van der Waals surface area contributed by atoms with Gasteiger partial charge in [-0.2, -0.15) is 0 Å². The number of rotatable bonds is 36. The molecule has 46 heavy (non-hydrogen) atoms. The first-order chi connectivity index (χ1) is 22.5. The third-order valence-corrected chi connectivity index (χ3v) is 9.48. The Hall–Kier alpha value is -0.950. The van der Waals surface area contributed by atoms with Crippen LogP contribution < -0.4 is 5.32 Å². The molecule has 0 aliphatic heterocycles. The molecule has 0 aromatic carbocycles. The van der Waals surface area contributed by atoms with E-state index in [0.29, 0.717) is 12.8 Å². The molecule has 0 saturated carbocycles. The average molecular weight is 654 g/mol. The zero-order chi connectivity index (χ0) is 33.9. The van der Waals surface area contributed by atoms with Crippen LogP contribution in [0.3, 0.4) is 0 Å². The van der Waals surface area contributed by atoms with Crippen molar-refractivity contribution in [1.82, 2.24) is 5.32 Å². The molecular weight excluding hydrogens is 574 g/mol. The lowest BCUT2D eigenvalue weighted by Crippen LogP contribution is -2.53. The minimum absolute atomic E-state index is 0.366. The van der Waals surface area contributed by atoms with Crippen molar-refractivity contribution in [3.05, 3.63) is 12.2 Å². The molecule has 0 fully saturated rings. The minimum Gasteiger partial charge on any atom is -0.394 e. The van der Waals surface area contributed by atoms with Gasteiger partial charge in [-0.1, -0.05) is 180 Å². The number of unbranched alkanes of at least 4 members (excludes halogenated alkanes) is 25. The zero-order valence-electron chi connectivity index (χ0n) is 30.6. The SMILES string of the molecule is CCCCCCCCCCCCCC/C=C\CCCCCCCCCC(O)C(=O)NC(CO)C(O)C(O)CCCCCCCCC. The van der Waals surface area contributed by atoms with Crippen LogP contribution in [0.2, 0.25) is 0 Å². The molecule has 6 heteroatoms. The van der Waals surface area contributed by atoms with Gasteiger partial charge in [-0.3, -0.25) is 4.79 Å². The molecule has 0 aromatic heterocycles. The van der Waals surface area contributed by atoms with E-state index in [4.69, 9.17) is 0 Å². The third-order valence-electron chi connectivity index (χ3n) is 9.48. The first-order valence-corrected chi connectivity index (χ1v) is 20.1. The van der Waals surface area contributed by atoms with Crippen molar-refractivity contribution >= 4 is 5.91 Å². The summed E-state index contributed by atoms with van der Waals surface area (Å²) in [5, 5.41) is 43.2. The van der Waals surface area contributed by atoms with Crippen molar-refractivity contribution < 1.29 is 25.2 Å². The number of hydrogen-bond donors (Lipinski definition) is 5. The Labute approximate surface area is 285 Å².